The molecule has 0 spiro atoms. The number of hydrogen-bond acceptors (Lipinski definition) is 5. The SMILES string of the molecule is [C-]#[N+]c1ccc(N2CCn3nc(C(=O)N[C@H]4COc5ccc(Cl)cc5C4)cc3C2)nc1. The average Bonchev–Trinajstić information content (AvgIpc) is 3.22. The van der Waals surface area contributed by atoms with Gasteiger partial charge in [-0.2, -0.15) is 5.10 Å². The Kier molecular flexibility index (Phi) is 4.96. The molecule has 0 fully saturated rings. The van der Waals surface area contributed by atoms with E-state index in [-0.39, 0.29) is 11.9 Å². The number of carbonyl (C=O) groups is 1. The molecule has 9 heteroatoms. The zero-order valence-corrected chi connectivity index (χ0v) is 17.3. The highest BCUT2D eigenvalue weighted by Crippen LogP contribution is 2.28. The number of carbonyl (C=O) groups excluding carboxylic acids is 1. The molecule has 1 atom stereocenters. The Morgan fingerprint density at radius 2 is 2.16 bits per heavy atom. The van der Waals surface area contributed by atoms with E-state index in [0.29, 0.717) is 42.5 Å². The quantitative estimate of drug-likeness (QED) is 0.640. The molecule has 2 aromatic heterocycles. The third kappa shape index (κ3) is 3.92. The normalized spacial score (nSPS) is 17.2. The summed E-state index contributed by atoms with van der Waals surface area (Å²) in [6.45, 7) is 9.45. The Bertz CT molecular complexity index is 1180. The van der Waals surface area contributed by atoms with Crippen molar-refractivity contribution in [3.8, 4) is 5.75 Å². The summed E-state index contributed by atoms with van der Waals surface area (Å²) < 4.78 is 7.62. The second-order valence-electron chi connectivity index (χ2n) is 7.59. The van der Waals surface area contributed by atoms with Crippen LogP contribution in [-0.2, 0) is 19.5 Å². The van der Waals surface area contributed by atoms with Gasteiger partial charge in [0.25, 0.3) is 5.91 Å². The molecule has 3 aromatic rings. The van der Waals surface area contributed by atoms with Crippen molar-refractivity contribution >= 4 is 29.0 Å². The molecule has 8 nitrogen and oxygen atoms in total. The number of halogens is 1. The number of hydrogen-bond donors (Lipinski definition) is 1. The van der Waals surface area contributed by atoms with Crippen molar-refractivity contribution in [3.05, 3.63) is 76.0 Å². The van der Waals surface area contributed by atoms with Gasteiger partial charge in [0.2, 0.25) is 5.69 Å². The van der Waals surface area contributed by atoms with Crippen LogP contribution in [0.3, 0.4) is 0 Å². The number of amides is 1. The van der Waals surface area contributed by atoms with Crippen LogP contribution in [0, 0.1) is 6.57 Å². The van der Waals surface area contributed by atoms with Crippen LogP contribution in [0.4, 0.5) is 11.5 Å². The summed E-state index contributed by atoms with van der Waals surface area (Å²) in [4.78, 5) is 22.7. The van der Waals surface area contributed by atoms with Crippen LogP contribution < -0.4 is 15.0 Å². The summed E-state index contributed by atoms with van der Waals surface area (Å²) in [6, 6.07) is 10.8. The van der Waals surface area contributed by atoms with Crippen LogP contribution in [0.25, 0.3) is 4.85 Å². The first-order chi connectivity index (χ1) is 15.1. The zero-order valence-electron chi connectivity index (χ0n) is 16.6. The van der Waals surface area contributed by atoms with Crippen LogP contribution in [0.5, 0.6) is 5.75 Å². The van der Waals surface area contributed by atoms with Gasteiger partial charge in [0.15, 0.2) is 5.69 Å². The van der Waals surface area contributed by atoms with E-state index in [1.807, 2.05) is 28.9 Å². The topological polar surface area (TPSA) is 76.6 Å². The molecule has 31 heavy (non-hydrogen) atoms. The van der Waals surface area contributed by atoms with E-state index in [9.17, 15) is 4.79 Å². The smallest absolute Gasteiger partial charge is 0.272 e. The number of fused-ring (bicyclic) bond motifs is 2. The van der Waals surface area contributed by atoms with Gasteiger partial charge in [-0.3, -0.25) is 14.5 Å². The fourth-order valence-electron chi connectivity index (χ4n) is 3.92. The molecule has 0 aliphatic carbocycles. The van der Waals surface area contributed by atoms with Gasteiger partial charge in [-0.25, -0.2) is 4.85 Å². The molecule has 156 valence electrons. The minimum Gasteiger partial charge on any atom is -0.491 e. The first-order valence-electron chi connectivity index (χ1n) is 9.96. The van der Waals surface area contributed by atoms with E-state index >= 15 is 0 Å². The van der Waals surface area contributed by atoms with E-state index in [0.717, 1.165) is 29.4 Å². The maximum absolute atomic E-state index is 12.8. The number of aromatic nitrogens is 3. The van der Waals surface area contributed by atoms with Crippen molar-refractivity contribution in [3.63, 3.8) is 0 Å². The minimum absolute atomic E-state index is 0.140. The van der Waals surface area contributed by atoms with Crippen LogP contribution in [0.2, 0.25) is 5.02 Å². The van der Waals surface area contributed by atoms with Crippen molar-refractivity contribution in [1.29, 1.82) is 0 Å². The lowest BCUT2D eigenvalue weighted by molar-refractivity contribution is 0.0909. The number of rotatable bonds is 3. The largest absolute Gasteiger partial charge is 0.491 e. The summed E-state index contributed by atoms with van der Waals surface area (Å²) in [5, 5.41) is 8.16. The van der Waals surface area contributed by atoms with Crippen LogP contribution in [0.15, 0.2) is 42.6 Å². The standard InChI is InChI=1S/C22H19ClN6O2/c1-24-16-3-5-21(25-11-16)28-6-7-29-18(12-28)10-19(27-29)22(30)26-17-9-14-8-15(23)2-4-20(14)31-13-17/h2-5,8,10-11,17H,6-7,9,12-13H2,(H,26,30)/t17-/m1/s1. The highest BCUT2D eigenvalue weighted by Gasteiger charge is 2.25. The number of anilines is 1. The maximum Gasteiger partial charge on any atom is 0.272 e. The molecule has 1 aromatic carbocycles. The lowest BCUT2D eigenvalue weighted by atomic mass is 10.0. The van der Waals surface area contributed by atoms with E-state index in [1.54, 1.807) is 18.3 Å². The van der Waals surface area contributed by atoms with Crippen molar-refractivity contribution in [2.45, 2.75) is 25.6 Å². The first kappa shape index (κ1) is 19.4. The Balaban J connectivity index is 1.26. The zero-order chi connectivity index (χ0) is 21.4. The molecule has 5 rings (SSSR count). The van der Waals surface area contributed by atoms with Gasteiger partial charge in [-0.15, -0.1) is 0 Å². The number of pyridine rings is 1. The van der Waals surface area contributed by atoms with Gasteiger partial charge in [-0.1, -0.05) is 17.7 Å². The summed E-state index contributed by atoms with van der Waals surface area (Å²) in [5.74, 6) is 1.40. The maximum atomic E-state index is 12.8. The van der Waals surface area contributed by atoms with Gasteiger partial charge in [-0.05, 0) is 42.3 Å². The summed E-state index contributed by atoms with van der Waals surface area (Å²) in [7, 11) is 0. The van der Waals surface area contributed by atoms with Crippen molar-refractivity contribution in [2.75, 3.05) is 18.1 Å². The molecular formula is C22H19ClN6O2. The second-order valence-corrected chi connectivity index (χ2v) is 8.03. The summed E-state index contributed by atoms with van der Waals surface area (Å²) in [5.41, 5.74) is 2.84. The van der Waals surface area contributed by atoms with Gasteiger partial charge in [0.1, 0.15) is 18.2 Å². The van der Waals surface area contributed by atoms with Gasteiger partial charge >= 0.3 is 0 Å². The molecule has 2 aliphatic rings. The Hall–Kier alpha value is -3.57. The molecular weight excluding hydrogens is 416 g/mol. The van der Waals surface area contributed by atoms with Gasteiger partial charge < -0.3 is 15.0 Å². The van der Waals surface area contributed by atoms with Crippen molar-refractivity contribution in [2.24, 2.45) is 0 Å². The molecule has 0 saturated heterocycles. The van der Waals surface area contributed by atoms with Crippen LogP contribution in [-0.4, -0.2) is 39.9 Å². The fraction of sp³-hybridized carbons (Fsp3) is 0.273. The van der Waals surface area contributed by atoms with E-state index in [1.165, 1.54) is 0 Å². The first-order valence-corrected chi connectivity index (χ1v) is 10.3. The molecule has 1 amide bonds. The summed E-state index contributed by atoms with van der Waals surface area (Å²) in [6.07, 6.45) is 2.24. The second kappa shape index (κ2) is 7.93. The highest BCUT2D eigenvalue weighted by atomic mass is 35.5. The Morgan fingerprint density at radius 3 is 2.97 bits per heavy atom. The van der Waals surface area contributed by atoms with Gasteiger partial charge in [0.05, 0.1) is 31.4 Å². The number of benzene rings is 1. The molecule has 0 unspecified atom stereocenters. The van der Waals surface area contributed by atoms with Gasteiger partial charge in [0, 0.05) is 17.8 Å². The Morgan fingerprint density at radius 1 is 1.26 bits per heavy atom. The molecule has 1 N–H and O–H groups in total. The Labute approximate surface area is 184 Å². The predicted molar refractivity (Wildman–Crippen MR) is 116 cm³/mol. The third-order valence-electron chi connectivity index (χ3n) is 5.48. The van der Waals surface area contributed by atoms with E-state index in [4.69, 9.17) is 22.9 Å². The van der Waals surface area contributed by atoms with Crippen molar-refractivity contribution < 1.29 is 9.53 Å². The molecule has 2 aliphatic heterocycles. The van der Waals surface area contributed by atoms with E-state index in [2.05, 4.69) is 25.1 Å². The van der Waals surface area contributed by atoms with Crippen LogP contribution in [0.1, 0.15) is 21.7 Å². The molecule has 0 radical (unpaired) electrons. The highest BCUT2D eigenvalue weighted by molar-refractivity contribution is 6.30. The number of nitrogens with one attached hydrogen (secondary N) is 1. The minimum atomic E-state index is -0.216. The third-order valence-corrected chi connectivity index (χ3v) is 5.72. The fourth-order valence-corrected chi connectivity index (χ4v) is 4.11. The molecule has 0 bridgehead atoms. The predicted octanol–water partition coefficient (Wildman–Crippen LogP) is 3.24. The van der Waals surface area contributed by atoms with E-state index < -0.39 is 0 Å². The lowest BCUT2D eigenvalue weighted by Crippen LogP contribution is -2.42. The molecule has 0 saturated carbocycles. The van der Waals surface area contributed by atoms with Crippen molar-refractivity contribution in [1.82, 2.24) is 20.1 Å². The number of nitrogens with zero attached hydrogens (tertiary/aromatic N) is 5. The lowest BCUT2D eigenvalue weighted by Gasteiger charge is -2.28. The van der Waals surface area contributed by atoms with Crippen LogP contribution >= 0.6 is 11.6 Å². The summed E-state index contributed by atoms with van der Waals surface area (Å²) >= 11 is 6.08. The monoisotopic (exact) mass is 434 g/mol. The molecule has 4 heterocycles. The average molecular weight is 435 g/mol. The number of ether oxygens (including phenoxy) is 1.